The normalized spacial score (nSPS) is 10.2. The topological polar surface area (TPSA) is 51.2 Å². The van der Waals surface area contributed by atoms with E-state index in [2.05, 4.69) is 10.3 Å². The molecule has 1 aromatic carbocycles. The number of nitrogens with one attached hydrogen (secondary N) is 1. The molecule has 0 aliphatic rings. The SMILES string of the molecule is COc1ncccc1NC(=O)c1cc(F)c(F)c(F)c1. The van der Waals surface area contributed by atoms with Crippen LogP contribution >= 0.6 is 0 Å². The van der Waals surface area contributed by atoms with Crippen LogP contribution < -0.4 is 10.1 Å². The maximum atomic E-state index is 13.1. The number of pyridine rings is 1. The van der Waals surface area contributed by atoms with E-state index >= 15 is 0 Å². The summed E-state index contributed by atoms with van der Waals surface area (Å²) >= 11 is 0. The van der Waals surface area contributed by atoms with Crippen molar-refractivity contribution in [3.63, 3.8) is 0 Å². The predicted octanol–water partition coefficient (Wildman–Crippen LogP) is 2.76. The van der Waals surface area contributed by atoms with Gasteiger partial charge in [0.25, 0.3) is 5.91 Å². The van der Waals surface area contributed by atoms with Gasteiger partial charge in [-0.25, -0.2) is 18.2 Å². The molecule has 2 rings (SSSR count). The first kappa shape index (κ1) is 13.9. The van der Waals surface area contributed by atoms with Crippen LogP contribution in [-0.4, -0.2) is 18.0 Å². The third kappa shape index (κ3) is 2.71. The quantitative estimate of drug-likeness (QED) is 0.881. The van der Waals surface area contributed by atoms with Gasteiger partial charge in [0, 0.05) is 11.8 Å². The van der Waals surface area contributed by atoms with Crippen molar-refractivity contribution in [2.45, 2.75) is 0 Å². The number of hydrogen-bond acceptors (Lipinski definition) is 3. The largest absolute Gasteiger partial charge is 0.480 e. The molecule has 20 heavy (non-hydrogen) atoms. The van der Waals surface area contributed by atoms with Crippen molar-refractivity contribution in [1.82, 2.24) is 4.98 Å². The van der Waals surface area contributed by atoms with E-state index in [1.54, 1.807) is 6.07 Å². The Morgan fingerprint density at radius 2 is 1.90 bits per heavy atom. The lowest BCUT2D eigenvalue weighted by atomic mass is 10.2. The molecule has 1 heterocycles. The van der Waals surface area contributed by atoms with E-state index in [4.69, 9.17) is 4.74 Å². The average molecular weight is 282 g/mol. The van der Waals surface area contributed by atoms with Gasteiger partial charge in [0.1, 0.15) is 5.69 Å². The van der Waals surface area contributed by atoms with E-state index in [-0.39, 0.29) is 17.1 Å². The lowest BCUT2D eigenvalue weighted by Crippen LogP contribution is -2.14. The highest BCUT2D eigenvalue weighted by atomic mass is 19.2. The van der Waals surface area contributed by atoms with E-state index in [0.717, 1.165) is 0 Å². The fourth-order valence-electron chi connectivity index (χ4n) is 1.53. The molecule has 4 nitrogen and oxygen atoms in total. The van der Waals surface area contributed by atoms with E-state index in [9.17, 15) is 18.0 Å². The summed E-state index contributed by atoms with van der Waals surface area (Å²) in [6.45, 7) is 0. The minimum Gasteiger partial charge on any atom is -0.480 e. The highest BCUT2D eigenvalue weighted by Gasteiger charge is 2.16. The van der Waals surface area contributed by atoms with Gasteiger partial charge in [0.15, 0.2) is 17.5 Å². The van der Waals surface area contributed by atoms with Gasteiger partial charge in [0.05, 0.1) is 7.11 Å². The third-order valence-electron chi connectivity index (χ3n) is 2.46. The van der Waals surface area contributed by atoms with Crippen LogP contribution in [0.4, 0.5) is 18.9 Å². The lowest BCUT2D eigenvalue weighted by molar-refractivity contribution is 0.102. The van der Waals surface area contributed by atoms with Gasteiger partial charge in [-0.05, 0) is 24.3 Å². The number of ether oxygens (including phenoxy) is 1. The van der Waals surface area contributed by atoms with Gasteiger partial charge in [0.2, 0.25) is 5.88 Å². The summed E-state index contributed by atoms with van der Waals surface area (Å²) in [5, 5.41) is 2.37. The molecular formula is C13H9F3N2O2. The van der Waals surface area contributed by atoms with Crippen LogP contribution in [0.3, 0.4) is 0 Å². The van der Waals surface area contributed by atoms with Crippen molar-refractivity contribution < 1.29 is 22.7 Å². The summed E-state index contributed by atoms with van der Waals surface area (Å²) in [6, 6.07) is 4.26. The molecule has 0 aliphatic heterocycles. The van der Waals surface area contributed by atoms with Gasteiger partial charge in [-0.1, -0.05) is 0 Å². The van der Waals surface area contributed by atoms with Crippen LogP contribution in [0.25, 0.3) is 0 Å². The number of halogens is 3. The molecule has 1 aromatic heterocycles. The van der Waals surface area contributed by atoms with Gasteiger partial charge < -0.3 is 10.1 Å². The zero-order valence-corrected chi connectivity index (χ0v) is 10.3. The van der Waals surface area contributed by atoms with Crippen molar-refractivity contribution >= 4 is 11.6 Å². The number of aromatic nitrogens is 1. The maximum Gasteiger partial charge on any atom is 0.256 e. The molecule has 0 atom stereocenters. The second-order valence-electron chi connectivity index (χ2n) is 3.77. The molecule has 0 unspecified atom stereocenters. The van der Waals surface area contributed by atoms with Crippen LogP contribution in [0, 0.1) is 17.5 Å². The molecule has 104 valence electrons. The van der Waals surface area contributed by atoms with Gasteiger partial charge in [-0.15, -0.1) is 0 Å². The smallest absolute Gasteiger partial charge is 0.256 e. The summed E-state index contributed by atoms with van der Waals surface area (Å²) in [6.07, 6.45) is 1.45. The molecule has 0 fully saturated rings. The molecule has 0 saturated heterocycles. The van der Waals surface area contributed by atoms with E-state index in [0.29, 0.717) is 12.1 Å². The van der Waals surface area contributed by atoms with Crippen molar-refractivity contribution in [2.75, 3.05) is 12.4 Å². The molecule has 0 spiro atoms. The predicted molar refractivity (Wildman–Crippen MR) is 65.1 cm³/mol. The second kappa shape index (κ2) is 5.60. The zero-order chi connectivity index (χ0) is 14.7. The minimum absolute atomic E-state index is 0.143. The Balaban J connectivity index is 2.29. The highest BCUT2D eigenvalue weighted by Crippen LogP contribution is 2.21. The molecule has 7 heteroatoms. The fraction of sp³-hybridized carbons (Fsp3) is 0.0769. The summed E-state index contributed by atoms with van der Waals surface area (Å²) in [4.78, 5) is 15.7. The Bertz CT molecular complexity index is 639. The number of hydrogen-bond donors (Lipinski definition) is 1. The molecule has 0 saturated carbocycles. The number of carbonyl (C=O) groups is 1. The highest BCUT2D eigenvalue weighted by molar-refractivity contribution is 6.04. The molecule has 1 amide bonds. The summed E-state index contributed by atoms with van der Waals surface area (Å²) in [5.41, 5.74) is -0.127. The van der Waals surface area contributed by atoms with E-state index in [1.807, 2.05) is 0 Å². The third-order valence-corrected chi connectivity index (χ3v) is 2.46. The number of methoxy groups -OCH3 is 1. The van der Waals surface area contributed by atoms with Crippen molar-refractivity contribution in [3.05, 3.63) is 53.5 Å². The van der Waals surface area contributed by atoms with Crippen molar-refractivity contribution in [1.29, 1.82) is 0 Å². The lowest BCUT2D eigenvalue weighted by Gasteiger charge is -2.09. The minimum atomic E-state index is -1.62. The monoisotopic (exact) mass is 282 g/mol. The van der Waals surface area contributed by atoms with Gasteiger partial charge in [-0.3, -0.25) is 4.79 Å². The van der Waals surface area contributed by atoms with Crippen LogP contribution in [0.5, 0.6) is 5.88 Å². The molecule has 1 N–H and O–H groups in total. The number of carbonyl (C=O) groups excluding carboxylic acids is 1. The molecule has 0 aliphatic carbocycles. The first-order valence-electron chi connectivity index (χ1n) is 5.48. The van der Waals surface area contributed by atoms with Crippen LogP contribution in [0.15, 0.2) is 30.5 Å². The number of nitrogens with zero attached hydrogens (tertiary/aromatic N) is 1. The number of anilines is 1. The summed E-state index contributed by atoms with van der Waals surface area (Å²) in [7, 11) is 1.36. The van der Waals surface area contributed by atoms with E-state index < -0.39 is 23.4 Å². The van der Waals surface area contributed by atoms with Crippen LogP contribution in [0.1, 0.15) is 10.4 Å². The molecule has 2 aromatic rings. The Hall–Kier alpha value is -2.57. The molecule has 0 radical (unpaired) electrons. The second-order valence-corrected chi connectivity index (χ2v) is 3.77. The summed E-state index contributed by atoms with van der Waals surface area (Å²) in [5.74, 6) is -5.17. The number of benzene rings is 1. The van der Waals surface area contributed by atoms with Crippen LogP contribution in [0.2, 0.25) is 0 Å². The molecular weight excluding hydrogens is 273 g/mol. The molecule has 0 bridgehead atoms. The summed E-state index contributed by atoms with van der Waals surface area (Å²) < 4.78 is 43.8. The van der Waals surface area contributed by atoms with Crippen molar-refractivity contribution in [2.24, 2.45) is 0 Å². The standard InChI is InChI=1S/C13H9F3N2O2/c1-20-13-10(3-2-4-17-13)18-12(19)7-5-8(14)11(16)9(15)6-7/h2-6H,1H3,(H,18,19). The fourth-order valence-corrected chi connectivity index (χ4v) is 1.53. The van der Waals surface area contributed by atoms with Crippen LogP contribution in [-0.2, 0) is 0 Å². The Kier molecular flexibility index (Phi) is 3.88. The van der Waals surface area contributed by atoms with Gasteiger partial charge >= 0.3 is 0 Å². The first-order valence-corrected chi connectivity index (χ1v) is 5.48. The van der Waals surface area contributed by atoms with E-state index in [1.165, 1.54) is 19.4 Å². The van der Waals surface area contributed by atoms with Crippen molar-refractivity contribution in [3.8, 4) is 5.88 Å². The Labute approximate surface area is 112 Å². The Morgan fingerprint density at radius 1 is 1.25 bits per heavy atom. The average Bonchev–Trinajstić information content (AvgIpc) is 2.44. The number of amides is 1. The maximum absolute atomic E-state index is 13.1. The first-order chi connectivity index (χ1) is 9.52. The van der Waals surface area contributed by atoms with Gasteiger partial charge in [-0.2, -0.15) is 0 Å². The number of rotatable bonds is 3. The zero-order valence-electron chi connectivity index (χ0n) is 10.3. The Morgan fingerprint density at radius 3 is 2.50 bits per heavy atom.